The molecule has 16 heavy (non-hydrogen) atoms. The fourth-order valence-electron chi connectivity index (χ4n) is 1.90. The van der Waals surface area contributed by atoms with Crippen molar-refractivity contribution in [3.05, 3.63) is 34.6 Å². The summed E-state index contributed by atoms with van der Waals surface area (Å²) in [6, 6.07) is 3.87. The lowest BCUT2D eigenvalue weighted by Crippen LogP contribution is -1.98. The Morgan fingerprint density at radius 2 is 2.00 bits per heavy atom. The van der Waals surface area contributed by atoms with Crippen LogP contribution >= 0.6 is 0 Å². The maximum absolute atomic E-state index is 11.7. The Bertz CT molecular complexity index is 567. The second-order valence-electron chi connectivity index (χ2n) is 4.10. The zero-order chi connectivity index (χ0) is 11.9. The molecule has 0 spiro atoms. The Kier molecular flexibility index (Phi) is 2.62. The molecular formula is C13H13BO2. The Labute approximate surface area is 96.0 Å². The number of furan rings is 1. The van der Waals surface area contributed by atoms with Crippen LogP contribution in [-0.2, 0) is 0 Å². The van der Waals surface area contributed by atoms with Crippen LogP contribution in [0.1, 0.15) is 27.2 Å². The van der Waals surface area contributed by atoms with E-state index in [1.807, 2.05) is 32.9 Å². The zero-order valence-corrected chi connectivity index (χ0v) is 9.76. The molecule has 0 amide bonds. The van der Waals surface area contributed by atoms with Crippen molar-refractivity contribution in [3.8, 4) is 0 Å². The summed E-state index contributed by atoms with van der Waals surface area (Å²) in [6.07, 6.45) is 0.0113. The Morgan fingerprint density at radius 1 is 1.31 bits per heavy atom. The van der Waals surface area contributed by atoms with Gasteiger partial charge < -0.3 is 4.42 Å². The molecule has 0 saturated heterocycles. The van der Waals surface area contributed by atoms with Crippen molar-refractivity contribution in [2.24, 2.45) is 0 Å². The van der Waals surface area contributed by atoms with Gasteiger partial charge in [0.25, 0.3) is 0 Å². The van der Waals surface area contributed by atoms with E-state index < -0.39 is 0 Å². The van der Waals surface area contributed by atoms with Gasteiger partial charge in [-0.25, -0.2) is 0 Å². The van der Waals surface area contributed by atoms with Gasteiger partial charge in [0, 0.05) is 5.39 Å². The Hall–Kier alpha value is -1.51. The molecule has 0 aliphatic carbocycles. The van der Waals surface area contributed by atoms with Crippen LogP contribution in [0.5, 0.6) is 0 Å². The molecule has 0 atom stereocenters. The van der Waals surface area contributed by atoms with E-state index in [9.17, 15) is 4.79 Å². The standard InChI is InChI=1S/C13H13BO2/c1-7-4-10-8(2)9(3)16-13(10)11(5-7)12(15)6-14/h4-5H,6H2,1-3H3. The first-order valence-corrected chi connectivity index (χ1v) is 5.28. The highest BCUT2D eigenvalue weighted by molar-refractivity contribution is 6.26. The number of hydrogen-bond acceptors (Lipinski definition) is 2. The highest BCUT2D eigenvalue weighted by Crippen LogP contribution is 2.29. The van der Waals surface area contributed by atoms with Crippen LogP contribution in [0.3, 0.4) is 0 Å². The molecule has 80 valence electrons. The van der Waals surface area contributed by atoms with E-state index >= 15 is 0 Å². The van der Waals surface area contributed by atoms with Gasteiger partial charge in [-0.1, -0.05) is 0 Å². The van der Waals surface area contributed by atoms with Crippen molar-refractivity contribution in [1.82, 2.24) is 0 Å². The second-order valence-corrected chi connectivity index (χ2v) is 4.10. The molecule has 0 saturated carbocycles. The number of carbonyl (C=O) groups excluding carboxylic acids is 1. The highest BCUT2D eigenvalue weighted by Gasteiger charge is 2.15. The zero-order valence-electron chi connectivity index (χ0n) is 9.76. The van der Waals surface area contributed by atoms with Gasteiger partial charge in [0.15, 0.2) is 5.78 Å². The molecule has 2 rings (SSSR count). The third-order valence-electron chi connectivity index (χ3n) is 2.91. The number of Topliss-reactive ketones (excluding diaryl/α,β-unsaturated/α-hetero) is 1. The van der Waals surface area contributed by atoms with Gasteiger partial charge in [-0.15, -0.1) is 0 Å². The number of benzene rings is 1. The molecule has 1 heterocycles. The first kappa shape index (κ1) is 11.0. The van der Waals surface area contributed by atoms with Crippen LogP contribution in [0.2, 0.25) is 6.32 Å². The molecule has 3 heteroatoms. The Balaban J connectivity index is 2.83. The fraction of sp³-hybridized carbons (Fsp3) is 0.308. The molecule has 2 aromatic rings. The smallest absolute Gasteiger partial charge is 0.158 e. The second kappa shape index (κ2) is 3.82. The summed E-state index contributed by atoms with van der Waals surface area (Å²) in [6.45, 7) is 5.87. The minimum absolute atomic E-state index is 0.0113. The first-order chi connectivity index (χ1) is 7.54. The van der Waals surface area contributed by atoms with Gasteiger partial charge in [0.05, 0.1) is 13.4 Å². The van der Waals surface area contributed by atoms with Crippen LogP contribution in [0.15, 0.2) is 16.5 Å². The molecule has 1 aromatic carbocycles. The van der Waals surface area contributed by atoms with Gasteiger partial charge in [-0.05, 0) is 50.4 Å². The summed E-state index contributed by atoms with van der Waals surface area (Å²) in [5, 5.41) is 1.01. The summed E-state index contributed by atoms with van der Waals surface area (Å²) < 4.78 is 5.63. The molecule has 2 nitrogen and oxygen atoms in total. The predicted molar refractivity (Wildman–Crippen MR) is 65.3 cm³/mol. The minimum Gasteiger partial charge on any atom is -0.460 e. The lowest BCUT2D eigenvalue weighted by atomic mass is 9.93. The van der Waals surface area contributed by atoms with Crippen LogP contribution in [0.25, 0.3) is 11.0 Å². The fourth-order valence-corrected chi connectivity index (χ4v) is 1.90. The molecule has 0 fully saturated rings. The molecule has 0 aliphatic heterocycles. The maximum Gasteiger partial charge on any atom is 0.158 e. The molecule has 2 radical (unpaired) electrons. The number of hydrogen-bond donors (Lipinski definition) is 0. The van der Waals surface area contributed by atoms with Gasteiger partial charge in [0.1, 0.15) is 11.3 Å². The van der Waals surface area contributed by atoms with E-state index in [-0.39, 0.29) is 12.1 Å². The van der Waals surface area contributed by atoms with E-state index in [4.69, 9.17) is 12.3 Å². The van der Waals surface area contributed by atoms with Gasteiger partial charge in [-0.3, -0.25) is 4.79 Å². The molecule has 0 bridgehead atoms. The predicted octanol–water partition coefficient (Wildman–Crippen LogP) is 3.13. The van der Waals surface area contributed by atoms with Crippen LogP contribution < -0.4 is 0 Å². The van der Waals surface area contributed by atoms with Crippen LogP contribution in [0, 0.1) is 20.8 Å². The van der Waals surface area contributed by atoms with Crippen molar-refractivity contribution in [2.45, 2.75) is 27.1 Å². The van der Waals surface area contributed by atoms with Crippen molar-refractivity contribution >= 4 is 24.6 Å². The summed E-state index contributed by atoms with van der Waals surface area (Å²) in [4.78, 5) is 11.7. The molecular weight excluding hydrogens is 199 g/mol. The van der Waals surface area contributed by atoms with Gasteiger partial charge in [-0.2, -0.15) is 0 Å². The lowest BCUT2D eigenvalue weighted by Gasteiger charge is -2.01. The number of carbonyl (C=O) groups is 1. The lowest BCUT2D eigenvalue weighted by molar-refractivity contribution is 0.101. The first-order valence-electron chi connectivity index (χ1n) is 5.28. The molecule has 1 aromatic heterocycles. The average Bonchev–Trinajstić information content (AvgIpc) is 2.54. The van der Waals surface area contributed by atoms with Gasteiger partial charge in [0.2, 0.25) is 0 Å². The number of rotatable bonds is 2. The van der Waals surface area contributed by atoms with Gasteiger partial charge >= 0.3 is 0 Å². The van der Waals surface area contributed by atoms with Crippen molar-refractivity contribution in [2.75, 3.05) is 0 Å². The van der Waals surface area contributed by atoms with E-state index in [0.29, 0.717) is 11.1 Å². The maximum atomic E-state index is 11.7. The Morgan fingerprint density at radius 3 is 2.62 bits per heavy atom. The summed E-state index contributed by atoms with van der Waals surface area (Å²) in [5.74, 6) is 0.772. The molecule has 0 unspecified atom stereocenters. The third-order valence-corrected chi connectivity index (χ3v) is 2.91. The van der Waals surface area contributed by atoms with Crippen LogP contribution in [0.4, 0.5) is 0 Å². The number of ketones is 1. The van der Waals surface area contributed by atoms with Crippen LogP contribution in [-0.4, -0.2) is 13.6 Å². The quantitative estimate of drug-likeness (QED) is 0.565. The highest BCUT2D eigenvalue weighted by atomic mass is 16.3. The molecule has 0 N–H and O–H groups in total. The van der Waals surface area contributed by atoms with Crippen molar-refractivity contribution in [3.63, 3.8) is 0 Å². The normalized spacial score (nSPS) is 10.9. The molecule has 0 aliphatic rings. The van der Waals surface area contributed by atoms with Crippen molar-refractivity contribution < 1.29 is 9.21 Å². The average molecular weight is 212 g/mol. The summed E-state index contributed by atoms with van der Waals surface area (Å²) >= 11 is 0. The monoisotopic (exact) mass is 212 g/mol. The largest absolute Gasteiger partial charge is 0.460 e. The minimum atomic E-state index is -0.0811. The van der Waals surface area contributed by atoms with Crippen molar-refractivity contribution in [1.29, 1.82) is 0 Å². The number of aryl methyl sites for hydroxylation is 3. The topological polar surface area (TPSA) is 30.2 Å². The summed E-state index contributed by atoms with van der Waals surface area (Å²) in [5.41, 5.74) is 3.39. The number of fused-ring (bicyclic) bond motifs is 1. The van der Waals surface area contributed by atoms with E-state index in [1.165, 1.54) is 0 Å². The van der Waals surface area contributed by atoms with E-state index in [2.05, 4.69) is 0 Å². The van der Waals surface area contributed by atoms with E-state index in [0.717, 1.165) is 22.3 Å². The SMILES string of the molecule is [B]CC(=O)c1cc(C)cc2c(C)c(C)oc12. The van der Waals surface area contributed by atoms with E-state index in [1.54, 1.807) is 0 Å². The third kappa shape index (κ3) is 1.56. The summed E-state index contributed by atoms with van der Waals surface area (Å²) in [7, 11) is 5.40.